The highest BCUT2D eigenvalue weighted by molar-refractivity contribution is 14.1. The normalized spacial score (nSPS) is 12.5. The van der Waals surface area contributed by atoms with Gasteiger partial charge in [-0.3, -0.25) is 0 Å². The summed E-state index contributed by atoms with van der Waals surface area (Å²) in [6.07, 6.45) is 0.209. The molecule has 1 atom stereocenters. The number of rotatable bonds is 4. The number of para-hydroxylation sites is 1. The molecule has 13 heavy (non-hydrogen) atoms. The lowest BCUT2D eigenvalue weighted by Crippen LogP contribution is -2.26. The van der Waals surface area contributed by atoms with Gasteiger partial charge in [-0.1, -0.05) is 12.1 Å². The quantitative estimate of drug-likeness (QED) is 0.859. The van der Waals surface area contributed by atoms with Crippen molar-refractivity contribution in [2.45, 2.75) is 13.0 Å². The topological polar surface area (TPSA) is 21.3 Å². The summed E-state index contributed by atoms with van der Waals surface area (Å²) in [7, 11) is 1.93. The van der Waals surface area contributed by atoms with Gasteiger partial charge in [-0.25, -0.2) is 0 Å². The number of halogens is 1. The van der Waals surface area contributed by atoms with E-state index in [1.54, 1.807) is 0 Å². The zero-order valence-corrected chi connectivity index (χ0v) is 10.0. The van der Waals surface area contributed by atoms with Gasteiger partial charge >= 0.3 is 0 Å². The molecule has 0 heterocycles. The Hall–Kier alpha value is -0.290. The average molecular weight is 291 g/mol. The van der Waals surface area contributed by atoms with Crippen LogP contribution >= 0.6 is 22.6 Å². The van der Waals surface area contributed by atoms with Crippen molar-refractivity contribution in [3.63, 3.8) is 0 Å². The monoisotopic (exact) mass is 291 g/mol. The number of benzene rings is 1. The average Bonchev–Trinajstić information content (AvgIpc) is 2.09. The first-order valence-electron chi connectivity index (χ1n) is 4.30. The molecule has 0 aromatic heterocycles. The van der Waals surface area contributed by atoms with Crippen LogP contribution in [0.5, 0.6) is 5.75 Å². The van der Waals surface area contributed by atoms with Gasteiger partial charge in [0.15, 0.2) is 0 Å². The van der Waals surface area contributed by atoms with Gasteiger partial charge in [0, 0.05) is 6.54 Å². The van der Waals surface area contributed by atoms with E-state index in [1.807, 2.05) is 31.3 Å². The van der Waals surface area contributed by atoms with Crippen molar-refractivity contribution in [3.05, 3.63) is 27.8 Å². The first-order valence-corrected chi connectivity index (χ1v) is 5.37. The van der Waals surface area contributed by atoms with E-state index in [1.165, 1.54) is 0 Å². The largest absolute Gasteiger partial charge is 0.488 e. The molecule has 0 aliphatic heterocycles. The van der Waals surface area contributed by atoms with Crippen molar-refractivity contribution in [2.75, 3.05) is 13.6 Å². The second-order valence-corrected chi connectivity index (χ2v) is 4.08. The van der Waals surface area contributed by atoms with E-state index in [-0.39, 0.29) is 6.10 Å². The molecule has 1 rings (SSSR count). The molecule has 1 N–H and O–H groups in total. The molecule has 0 bridgehead atoms. The van der Waals surface area contributed by atoms with E-state index in [0.29, 0.717) is 0 Å². The summed E-state index contributed by atoms with van der Waals surface area (Å²) in [5.41, 5.74) is 0. The summed E-state index contributed by atoms with van der Waals surface area (Å²) in [6.45, 7) is 2.92. The Labute approximate surface area is 92.8 Å². The molecule has 0 radical (unpaired) electrons. The fourth-order valence-corrected chi connectivity index (χ4v) is 1.60. The molecule has 0 aliphatic rings. The third-order valence-corrected chi connectivity index (χ3v) is 2.55. The maximum absolute atomic E-state index is 5.72. The first-order chi connectivity index (χ1) is 6.24. The van der Waals surface area contributed by atoms with Crippen LogP contribution in [0.25, 0.3) is 0 Å². The molecule has 0 amide bonds. The van der Waals surface area contributed by atoms with Crippen molar-refractivity contribution in [1.82, 2.24) is 5.32 Å². The van der Waals surface area contributed by atoms with Crippen LogP contribution in [0.4, 0.5) is 0 Å². The summed E-state index contributed by atoms with van der Waals surface area (Å²) < 4.78 is 6.87. The molecule has 0 aliphatic carbocycles. The lowest BCUT2D eigenvalue weighted by molar-refractivity contribution is 0.219. The number of hydrogen-bond donors (Lipinski definition) is 1. The molecule has 72 valence electrons. The Kier molecular flexibility index (Phi) is 4.52. The molecule has 0 saturated heterocycles. The number of nitrogens with one attached hydrogen (secondary N) is 1. The zero-order valence-electron chi connectivity index (χ0n) is 7.88. The molecule has 1 aromatic carbocycles. The Morgan fingerprint density at radius 2 is 2.15 bits per heavy atom. The predicted octanol–water partition coefficient (Wildman–Crippen LogP) is 2.28. The summed E-state index contributed by atoms with van der Waals surface area (Å²) >= 11 is 2.28. The van der Waals surface area contributed by atoms with Crippen molar-refractivity contribution in [1.29, 1.82) is 0 Å². The molecular weight excluding hydrogens is 277 g/mol. The first kappa shape index (κ1) is 10.8. The maximum Gasteiger partial charge on any atom is 0.133 e. The minimum atomic E-state index is 0.209. The third kappa shape index (κ3) is 3.52. The van der Waals surface area contributed by atoms with Gasteiger partial charge in [-0.05, 0) is 48.7 Å². The van der Waals surface area contributed by atoms with Crippen molar-refractivity contribution in [3.8, 4) is 5.75 Å². The highest BCUT2D eigenvalue weighted by Crippen LogP contribution is 2.20. The van der Waals surface area contributed by atoms with Gasteiger partial charge in [-0.2, -0.15) is 0 Å². The minimum Gasteiger partial charge on any atom is -0.488 e. The van der Waals surface area contributed by atoms with Gasteiger partial charge in [0.25, 0.3) is 0 Å². The number of ether oxygens (including phenoxy) is 1. The fraction of sp³-hybridized carbons (Fsp3) is 0.400. The Morgan fingerprint density at radius 3 is 2.77 bits per heavy atom. The van der Waals surface area contributed by atoms with Gasteiger partial charge < -0.3 is 10.1 Å². The molecule has 0 saturated carbocycles. The van der Waals surface area contributed by atoms with Crippen molar-refractivity contribution < 1.29 is 4.74 Å². The summed E-state index contributed by atoms with van der Waals surface area (Å²) in [4.78, 5) is 0. The SMILES string of the molecule is CNCC(C)Oc1ccccc1I. The minimum absolute atomic E-state index is 0.209. The highest BCUT2D eigenvalue weighted by Gasteiger charge is 2.04. The van der Waals surface area contributed by atoms with Gasteiger partial charge in [0.2, 0.25) is 0 Å². The fourth-order valence-electron chi connectivity index (χ4n) is 1.09. The van der Waals surface area contributed by atoms with E-state index in [0.717, 1.165) is 15.9 Å². The second-order valence-electron chi connectivity index (χ2n) is 2.92. The van der Waals surface area contributed by atoms with Crippen LogP contribution in [0.2, 0.25) is 0 Å². The molecule has 0 fully saturated rings. The van der Waals surface area contributed by atoms with Crippen LogP contribution in [-0.4, -0.2) is 19.7 Å². The van der Waals surface area contributed by atoms with E-state index < -0.39 is 0 Å². The van der Waals surface area contributed by atoms with E-state index in [4.69, 9.17) is 4.74 Å². The molecular formula is C10H14INO. The van der Waals surface area contributed by atoms with Crippen LogP contribution < -0.4 is 10.1 Å². The summed E-state index contributed by atoms with van der Waals surface area (Å²) in [5.74, 6) is 0.964. The van der Waals surface area contributed by atoms with E-state index >= 15 is 0 Å². The van der Waals surface area contributed by atoms with Crippen molar-refractivity contribution in [2.24, 2.45) is 0 Å². The van der Waals surface area contributed by atoms with E-state index in [2.05, 4.69) is 34.8 Å². The zero-order chi connectivity index (χ0) is 9.68. The molecule has 2 nitrogen and oxygen atoms in total. The highest BCUT2D eigenvalue weighted by atomic mass is 127. The van der Waals surface area contributed by atoms with Crippen LogP contribution in [0.3, 0.4) is 0 Å². The summed E-state index contributed by atoms with van der Waals surface area (Å²) in [6, 6.07) is 8.04. The van der Waals surface area contributed by atoms with Gasteiger partial charge in [-0.15, -0.1) is 0 Å². The number of hydrogen-bond acceptors (Lipinski definition) is 2. The van der Waals surface area contributed by atoms with Gasteiger partial charge in [0.05, 0.1) is 3.57 Å². The third-order valence-electron chi connectivity index (χ3n) is 1.66. The lowest BCUT2D eigenvalue weighted by Gasteiger charge is -2.14. The Morgan fingerprint density at radius 1 is 1.46 bits per heavy atom. The lowest BCUT2D eigenvalue weighted by atomic mass is 10.3. The van der Waals surface area contributed by atoms with Crippen LogP contribution in [-0.2, 0) is 0 Å². The molecule has 1 aromatic rings. The van der Waals surface area contributed by atoms with Crippen LogP contribution in [0.1, 0.15) is 6.92 Å². The second kappa shape index (κ2) is 5.44. The standard InChI is InChI=1S/C10H14INO/c1-8(7-12-2)13-10-6-4-3-5-9(10)11/h3-6,8,12H,7H2,1-2H3. The molecule has 0 spiro atoms. The molecule has 1 unspecified atom stereocenters. The smallest absolute Gasteiger partial charge is 0.133 e. The van der Waals surface area contributed by atoms with E-state index in [9.17, 15) is 0 Å². The van der Waals surface area contributed by atoms with Gasteiger partial charge in [0.1, 0.15) is 11.9 Å². The maximum atomic E-state index is 5.72. The Balaban J connectivity index is 2.58. The predicted molar refractivity (Wildman–Crippen MR) is 63.2 cm³/mol. The van der Waals surface area contributed by atoms with Crippen molar-refractivity contribution >= 4 is 22.6 Å². The number of likely N-dealkylation sites (N-methyl/N-ethyl adjacent to an activating group) is 1. The molecule has 3 heteroatoms. The van der Waals surface area contributed by atoms with Crippen LogP contribution in [0, 0.1) is 3.57 Å². The Bertz CT molecular complexity index is 265. The summed E-state index contributed by atoms with van der Waals surface area (Å²) in [5, 5.41) is 3.08. The van der Waals surface area contributed by atoms with Crippen LogP contribution in [0.15, 0.2) is 24.3 Å².